The average molecular weight is 297 g/mol. The molecule has 0 saturated carbocycles. The zero-order chi connectivity index (χ0) is 15.0. The van der Waals surface area contributed by atoms with E-state index in [2.05, 4.69) is 24.3 Å². The SMILES string of the molecule is Cc1cc(Cl)ccc1C(O)c1c(C)ccc2ccccc12. The third kappa shape index (κ3) is 2.55. The molecule has 3 aromatic carbocycles. The van der Waals surface area contributed by atoms with Gasteiger partial charge in [0.2, 0.25) is 0 Å². The monoisotopic (exact) mass is 296 g/mol. The lowest BCUT2D eigenvalue weighted by Gasteiger charge is -2.19. The molecule has 0 amide bonds. The Morgan fingerprint density at radius 2 is 1.67 bits per heavy atom. The molecule has 1 unspecified atom stereocenters. The molecule has 0 fully saturated rings. The van der Waals surface area contributed by atoms with Gasteiger partial charge in [-0.2, -0.15) is 0 Å². The van der Waals surface area contributed by atoms with Crippen LogP contribution < -0.4 is 0 Å². The summed E-state index contributed by atoms with van der Waals surface area (Å²) in [6.07, 6.45) is -0.645. The van der Waals surface area contributed by atoms with Crippen molar-refractivity contribution in [2.24, 2.45) is 0 Å². The van der Waals surface area contributed by atoms with Crippen LogP contribution in [0.5, 0.6) is 0 Å². The molecule has 0 heterocycles. The van der Waals surface area contributed by atoms with E-state index in [0.717, 1.165) is 33.0 Å². The molecule has 0 radical (unpaired) electrons. The van der Waals surface area contributed by atoms with Crippen molar-refractivity contribution in [1.82, 2.24) is 0 Å². The van der Waals surface area contributed by atoms with Gasteiger partial charge in [-0.3, -0.25) is 0 Å². The summed E-state index contributed by atoms with van der Waals surface area (Å²) in [4.78, 5) is 0. The van der Waals surface area contributed by atoms with Crippen molar-refractivity contribution in [2.45, 2.75) is 20.0 Å². The maximum atomic E-state index is 10.9. The van der Waals surface area contributed by atoms with Crippen molar-refractivity contribution in [3.63, 3.8) is 0 Å². The number of aliphatic hydroxyl groups is 1. The van der Waals surface area contributed by atoms with Crippen LogP contribution in [0.15, 0.2) is 54.6 Å². The van der Waals surface area contributed by atoms with E-state index in [4.69, 9.17) is 11.6 Å². The fourth-order valence-electron chi connectivity index (χ4n) is 2.87. The van der Waals surface area contributed by atoms with Crippen molar-refractivity contribution < 1.29 is 5.11 Å². The molecule has 1 atom stereocenters. The van der Waals surface area contributed by atoms with Gasteiger partial charge in [-0.15, -0.1) is 0 Å². The molecule has 0 aliphatic heterocycles. The topological polar surface area (TPSA) is 20.2 Å². The zero-order valence-corrected chi connectivity index (χ0v) is 12.9. The summed E-state index contributed by atoms with van der Waals surface area (Å²) < 4.78 is 0. The van der Waals surface area contributed by atoms with Crippen LogP contribution in [0.3, 0.4) is 0 Å². The lowest BCUT2D eigenvalue weighted by molar-refractivity contribution is 0.220. The first-order chi connectivity index (χ1) is 10.1. The van der Waals surface area contributed by atoms with Gasteiger partial charge < -0.3 is 5.11 Å². The molecule has 2 heteroatoms. The molecule has 0 spiro atoms. The normalized spacial score (nSPS) is 12.6. The second-order valence-electron chi connectivity index (χ2n) is 5.42. The summed E-state index contributed by atoms with van der Waals surface area (Å²) in [7, 11) is 0. The van der Waals surface area contributed by atoms with E-state index in [0.29, 0.717) is 5.02 Å². The third-order valence-corrected chi connectivity index (χ3v) is 4.22. The molecule has 3 aromatic rings. The first kappa shape index (κ1) is 14.1. The number of rotatable bonds is 2. The van der Waals surface area contributed by atoms with Crippen LogP contribution in [0.25, 0.3) is 10.8 Å². The van der Waals surface area contributed by atoms with Crippen LogP contribution in [0.2, 0.25) is 5.02 Å². The van der Waals surface area contributed by atoms with Crippen LogP contribution in [0.4, 0.5) is 0 Å². The molecule has 1 nitrogen and oxygen atoms in total. The fraction of sp³-hybridized carbons (Fsp3) is 0.158. The molecule has 21 heavy (non-hydrogen) atoms. The summed E-state index contributed by atoms with van der Waals surface area (Å²) in [6, 6.07) is 17.9. The second-order valence-corrected chi connectivity index (χ2v) is 5.86. The van der Waals surface area contributed by atoms with Gasteiger partial charge in [0.25, 0.3) is 0 Å². The number of aryl methyl sites for hydroxylation is 2. The van der Waals surface area contributed by atoms with Crippen LogP contribution >= 0.6 is 11.6 Å². The molecule has 0 aromatic heterocycles. The predicted octanol–water partition coefficient (Wildman–Crippen LogP) is 5.19. The largest absolute Gasteiger partial charge is 0.384 e. The van der Waals surface area contributed by atoms with Crippen molar-refractivity contribution in [3.8, 4) is 0 Å². The molecule has 0 aliphatic rings. The third-order valence-electron chi connectivity index (χ3n) is 3.99. The second kappa shape index (κ2) is 5.51. The number of hydrogen-bond acceptors (Lipinski definition) is 1. The Bertz CT molecular complexity index is 808. The summed E-state index contributed by atoms with van der Waals surface area (Å²) in [6.45, 7) is 4.02. The highest BCUT2D eigenvalue weighted by molar-refractivity contribution is 6.30. The Hall–Kier alpha value is -1.83. The van der Waals surface area contributed by atoms with E-state index in [-0.39, 0.29) is 0 Å². The summed E-state index contributed by atoms with van der Waals surface area (Å²) in [5.74, 6) is 0. The molecule has 1 N–H and O–H groups in total. The Morgan fingerprint density at radius 1 is 0.905 bits per heavy atom. The Morgan fingerprint density at radius 3 is 2.43 bits per heavy atom. The number of benzene rings is 3. The van der Waals surface area contributed by atoms with Gasteiger partial charge in [-0.05, 0) is 59.0 Å². The molecular formula is C19H17ClO. The fourth-order valence-corrected chi connectivity index (χ4v) is 3.10. The van der Waals surface area contributed by atoms with Crippen molar-refractivity contribution in [2.75, 3.05) is 0 Å². The quantitative estimate of drug-likeness (QED) is 0.690. The lowest BCUT2D eigenvalue weighted by Crippen LogP contribution is -2.05. The maximum absolute atomic E-state index is 10.9. The van der Waals surface area contributed by atoms with E-state index < -0.39 is 6.10 Å². The minimum absolute atomic E-state index is 0.645. The zero-order valence-electron chi connectivity index (χ0n) is 12.1. The van der Waals surface area contributed by atoms with E-state index in [9.17, 15) is 5.11 Å². The van der Waals surface area contributed by atoms with E-state index in [1.807, 2.05) is 44.2 Å². The summed E-state index contributed by atoms with van der Waals surface area (Å²) in [5, 5.41) is 13.8. The lowest BCUT2D eigenvalue weighted by atomic mass is 9.90. The Labute approximate surface area is 129 Å². The summed E-state index contributed by atoms with van der Waals surface area (Å²) >= 11 is 6.01. The first-order valence-corrected chi connectivity index (χ1v) is 7.38. The van der Waals surface area contributed by atoms with Gasteiger partial charge in [0.05, 0.1) is 0 Å². The van der Waals surface area contributed by atoms with Gasteiger partial charge in [0.1, 0.15) is 6.10 Å². The number of fused-ring (bicyclic) bond motifs is 1. The molecule has 3 rings (SSSR count). The summed E-state index contributed by atoms with van der Waals surface area (Å²) in [5.41, 5.74) is 3.97. The van der Waals surface area contributed by atoms with E-state index in [1.165, 1.54) is 0 Å². The predicted molar refractivity (Wildman–Crippen MR) is 88.9 cm³/mol. The number of hydrogen-bond donors (Lipinski definition) is 1. The van der Waals surface area contributed by atoms with Crippen molar-refractivity contribution >= 4 is 22.4 Å². The van der Waals surface area contributed by atoms with Crippen LogP contribution in [0.1, 0.15) is 28.4 Å². The van der Waals surface area contributed by atoms with Crippen LogP contribution in [-0.2, 0) is 0 Å². The number of aliphatic hydroxyl groups excluding tert-OH is 1. The highest BCUT2D eigenvalue weighted by Gasteiger charge is 2.17. The van der Waals surface area contributed by atoms with Gasteiger partial charge in [0.15, 0.2) is 0 Å². The molecule has 0 aliphatic carbocycles. The first-order valence-electron chi connectivity index (χ1n) is 7.00. The smallest absolute Gasteiger partial charge is 0.105 e. The molecule has 106 valence electrons. The average Bonchev–Trinajstić information content (AvgIpc) is 2.46. The molecule has 0 saturated heterocycles. The minimum atomic E-state index is -0.645. The van der Waals surface area contributed by atoms with E-state index >= 15 is 0 Å². The maximum Gasteiger partial charge on any atom is 0.105 e. The Balaban J connectivity index is 2.21. The van der Waals surface area contributed by atoms with E-state index in [1.54, 1.807) is 0 Å². The van der Waals surface area contributed by atoms with Crippen LogP contribution in [0, 0.1) is 13.8 Å². The van der Waals surface area contributed by atoms with Crippen molar-refractivity contribution in [1.29, 1.82) is 0 Å². The van der Waals surface area contributed by atoms with Gasteiger partial charge in [-0.1, -0.05) is 54.1 Å². The highest BCUT2D eigenvalue weighted by atomic mass is 35.5. The number of halogens is 1. The van der Waals surface area contributed by atoms with Gasteiger partial charge in [-0.25, -0.2) is 0 Å². The van der Waals surface area contributed by atoms with Gasteiger partial charge >= 0.3 is 0 Å². The molecule has 0 bridgehead atoms. The van der Waals surface area contributed by atoms with Gasteiger partial charge in [0, 0.05) is 5.02 Å². The highest BCUT2D eigenvalue weighted by Crippen LogP contribution is 2.33. The minimum Gasteiger partial charge on any atom is -0.384 e. The van der Waals surface area contributed by atoms with Crippen LogP contribution in [-0.4, -0.2) is 5.11 Å². The molecular weight excluding hydrogens is 280 g/mol. The Kier molecular flexibility index (Phi) is 3.71. The van der Waals surface area contributed by atoms with Crippen molar-refractivity contribution in [3.05, 3.63) is 81.9 Å². The standard InChI is InChI=1S/C19H17ClO/c1-12-7-8-14-5-3-4-6-17(14)18(12)19(21)16-10-9-15(20)11-13(16)2/h3-11,19,21H,1-2H3.